The number of hydrogen-bond acceptors (Lipinski definition) is 6. The minimum Gasteiger partial charge on any atom is -0.452 e. The number of benzene rings is 1. The maximum absolute atomic E-state index is 12.2. The first-order valence-corrected chi connectivity index (χ1v) is 8.88. The molecule has 0 atom stereocenters. The van der Waals surface area contributed by atoms with Gasteiger partial charge in [0.2, 0.25) is 0 Å². The largest absolute Gasteiger partial charge is 0.452 e. The number of hydroxylamine groups is 1. The average Bonchev–Trinajstić information content (AvgIpc) is 3.13. The second-order valence-corrected chi connectivity index (χ2v) is 7.22. The molecule has 1 aliphatic rings. The average molecular weight is 356 g/mol. The van der Waals surface area contributed by atoms with Crippen LogP contribution in [0.25, 0.3) is 0 Å². The van der Waals surface area contributed by atoms with Crippen LogP contribution >= 0.6 is 0 Å². The molecule has 1 saturated heterocycles. The van der Waals surface area contributed by atoms with Crippen molar-refractivity contribution < 1.29 is 27.6 Å². The van der Waals surface area contributed by atoms with Gasteiger partial charge in [-0.1, -0.05) is 10.5 Å². The Labute approximate surface area is 140 Å². The molecule has 1 aromatic rings. The Kier molecular flexibility index (Phi) is 5.92. The maximum atomic E-state index is 12.2. The van der Waals surface area contributed by atoms with Crippen LogP contribution in [-0.4, -0.2) is 63.5 Å². The van der Waals surface area contributed by atoms with E-state index in [1.807, 2.05) is 0 Å². The summed E-state index contributed by atoms with van der Waals surface area (Å²) in [4.78, 5) is 30.1. The predicted molar refractivity (Wildman–Crippen MR) is 84.5 cm³/mol. The van der Waals surface area contributed by atoms with Crippen LogP contribution in [0.1, 0.15) is 23.2 Å². The molecule has 0 unspecified atom stereocenters. The van der Waals surface area contributed by atoms with Gasteiger partial charge in [-0.15, -0.1) is 0 Å². The molecule has 0 N–H and O–H groups in total. The standard InChI is InChI=1S/C15H20N2O6S/c1-16(22-2)24(20,21)13-7-5-6-12(10-13)15(19)23-11-14(18)17-8-3-4-9-17/h5-7,10H,3-4,8-9,11H2,1-2H3. The van der Waals surface area contributed by atoms with Gasteiger partial charge in [0.05, 0.1) is 17.6 Å². The lowest BCUT2D eigenvalue weighted by molar-refractivity contribution is -0.133. The van der Waals surface area contributed by atoms with E-state index in [9.17, 15) is 18.0 Å². The van der Waals surface area contributed by atoms with Crippen molar-refractivity contribution in [1.82, 2.24) is 9.37 Å². The summed E-state index contributed by atoms with van der Waals surface area (Å²) >= 11 is 0. The highest BCUT2D eigenvalue weighted by molar-refractivity contribution is 7.89. The Hall–Kier alpha value is -1.97. The van der Waals surface area contributed by atoms with Gasteiger partial charge in [-0.05, 0) is 31.0 Å². The van der Waals surface area contributed by atoms with Crippen LogP contribution in [-0.2, 0) is 24.4 Å². The molecule has 8 nitrogen and oxygen atoms in total. The molecule has 0 saturated carbocycles. The molecular weight excluding hydrogens is 336 g/mol. The van der Waals surface area contributed by atoms with Crippen LogP contribution in [0.15, 0.2) is 29.2 Å². The summed E-state index contributed by atoms with van der Waals surface area (Å²) in [5.74, 6) is -0.997. The zero-order valence-corrected chi connectivity index (χ0v) is 14.4. The summed E-state index contributed by atoms with van der Waals surface area (Å²) in [5.41, 5.74) is 0.0507. The summed E-state index contributed by atoms with van der Waals surface area (Å²) in [7, 11) is -1.39. The van der Waals surface area contributed by atoms with E-state index in [2.05, 4.69) is 4.84 Å². The number of rotatable bonds is 6. The molecule has 1 aromatic carbocycles. The molecule has 0 radical (unpaired) electrons. The normalized spacial score (nSPS) is 14.9. The summed E-state index contributed by atoms with van der Waals surface area (Å²) < 4.78 is 30.0. The third kappa shape index (κ3) is 4.11. The molecule has 2 rings (SSSR count). The number of carbonyl (C=O) groups is 2. The number of ether oxygens (including phenoxy) is 1. The molecule has 9 heteroatoms. The molecule has 1 aliphatic heterocycles. The number of sulfonamides is 1. The van der Waals surface area contributed by atoms with Gasteiger partial charge in [0.1, 0.15) is 0 Å². The second-order valence-electron chi connectivity index (χ2n) is 5.29. The van der Waals surface area contributed by atoms with Crippen molar-refractivity contribution in [3.05, 3.63) is 29.8 Å². The van der Waals surface area contributed by atoms with Crippen molar-refractivity contribution in [3.63, 3.8) is 0 Å². The summed E-state index contributed by atoms with van der Waals surface area (Å²) in [5, 5.41) is 0. The molecule has 132 valence electrons. The van der Waals surface area contributed by atoms with Gasteiger partial charge in [-0.25, -0.2) is 13.2 Å². The van der Waals surface area contributed by atoms with E-state index in [1.54, 1.807) is 4.90 Å². The number of likely N-dealkylation sites (tertiary alicyclic amines) is 1. The van der Waals surface area contributed by atoms with Crippen molar-refractivity contribution in [2.45, 2.75) is 17.7 Å². The van der Waals surface area contributed by atoms with Gasteiger partial charge in [-0.2, -0.15) is 0 Å². The molecule has 0 aromatic heterocycles. The van der Waals surface area contributed by atoms with Crippen LogP contribution in [0, 0.1) is 0 Å². The number of esters is 1. The SMILES string of the molecule is CON(C)S(=O)(=O)c1cccc(C(=O)OCC(=O)N2CCCC2)c1. The lowest BCUT2D eigenvalue weighted by atomic mass is 10.2. The topological polar surface area (TPSA) is 93.2 Å². The molecular formula is C15H20N2O6S. The van der Waals surface area contributed by atoms with Gasteiger partial charge >= 0.3 is 5.97 Å². The fraction of sp³-hybridized carbons (Fsp3) is 0.467. The van der Waals surface area contributed by atoms with E-state index in [0.717, 1.165) is 12.8 Å². The van der Waals surface area contributed by atoms with Crippen molar-refractivity contribution in [1.29, 1.82) is 0 Å². The Bertz CT molecular complexity index is 712. The quantitative estimate of drug-likeness (QED) is 0.549. The predicted octanol–water partition coefficient (Wildman–Crippen LogP) is 0.648. The highest BCUT2D eigenvalue weighted by atomic mass is 32.2. The third-order valence-electron chi connectivity index (χ3n) is 3.75. The fourth-order valence-electron chi connectivity index (χ4n) is 2.30. The van der Waals surface area contributed by atoms with Crippen LogP contribution in [0.5, 0.6) is 0 Å². The third-order valence-corrected chi connectivity index (χ3v) is 5.42. The molecule has 0 bridgehead atoms. The van der Waals surface area contributed by atoms with Crippen molar-refractivity contribution >= 4 is 21.9 Å². The minimum atomic E-state index is -3.86. The number of carbonyl (C=O) groups excluding carboxylic acids is 2. The summed E-state index contributed by atoms with van der Waals surface area (Å²) in [6.07, 6.45) is 1.90. The van der Waals surface area contributed by atoms with Gasteiger partial charge < -0.3 is 9.64 Å². The molecule has 0 spiro atoms. The van der Waals surface area contributed by atoms with Crippen LogP contribution in [0.4, 0.5) is 0 Å². The lowest BCUT2D eigenvalue weighted by Crippen LogP contribution is -2.32. The fourth-order valence-corrected chi connectivity index (χ4v) is 3.32. The monoisotopic (exact) mass is 356 g/mol. The zero-order chi connectivity index (χ0) is 17.7. The van der Waals surface area contributed by atoms with Crippen molar-refractivity contribution in [2.24, 2.45) is 0 Å². The molecule has 1 heterocycles. The lowest BCUT2D eigenvalue weighted by Gasteiger charge is -2.16. The first-order valence-electron chi connectivity index (χ1n) is 7.44. The Morgan fingerprint density at radius 2 is 1.92 bits per heavy atom. The van der Waals surface area contributed by atoms with Crippen LogP contribution in [0.2, 0.25) is 0 Å². The van der Waals surface area contributed by atoms with E-state index >= 15 is 0 Å². The van der Waals surface area contributed by atoms with E-state index in [1.165, 1.54) is 38.4 Å². The Balaban J connectivity index is 2.05. The zero-order valence-electron chi connectivity index (χ0n) is 13.6. The number of amides is 1. The van der Waals surface area contributed by atoms with Crippen molar-refractivity contribution in [3.8, 4) is 0 Å². The van der Waals surface area contributed by atoms with E-state index in [0.29, 0.717) is 17.6 Å². The molecule has 1 fully saturated rings. The first-order chi connectivity index (χ1) is 11.4. The summed E-state index contributed by atoms with van der Waals surface area (Å²) in [6.45, 7) is 0.995. The minimum absolute atomic E-state index is 0.0507. The Morgan fingerprint density at radius 1 is 1.25 bits per heavy atom. The molecule has 24 heavy (non-hydrogen) atoms. The highest BCUT2D eigenvalue weighted by Crippen LogP contribution is 2.16. The van der Waals surface area contributed by atoms with Crippen LogP contribution in [0.3, 0.4) is 0 Å². The molecule has 1 amide bonds. The number of nitrogens with zero attached hydrogens (tertiary/aromatic N) is 2. The van der Waals surface area contributed by atoms with Gasteiger partial charge in [0.15, 0.2) is 6.61 Å². The van der Waals surface area contributed by atoms with Gasteiger partial charge in [0, 0.05) is 20.1 Å². The van der Waals surface area contributed by atoms with Crippen molar-refractivity contribution in [2.75, 3.05) is 33.9 Å². The summed E-state index contributed by atoms with van der Waals surface area (Å²) in [6, 6.07) is 5.38. The van der Waals surface area contributed by atoms with E-state index in [4.69, 9.17) is 4.74 Å². The first kappa shape index (κ1) is 18.4. The van der Waals surface area contributed by atoms with Gasteiger partial charge in [-0.3, -0.25) is 9.63 Å². The highest BCUT2D eigenvalue weighted by Gasteiger charge is 2.23. The maximum Gasteiger partial charge on any atom is 0.338 e. The van der Waals surface area contributed by atoms with E-state index < -0.39 is 16.0 Å². The van der Waals surface area contributed by atoms with Gasteiger partial charge in [0.25, 0.3) is 15.9 Å². The number of hydrogen-bond donors (Lipinski definition) is 0. The Morgan fingerprint density at radius 3 is 2.54 bits per heavy atom. The van der Waals surface area contributed by atoms with E-state index in [-0.39, 0.29) is 23.0 Å². The molecule has 0 aliphatic carbocycles. The second kappa shape index (κ2) is 7.73. The van der Waals surface area contributed by atoms with Crippen LogP contribution < -0.4 is 0 Å². The smallest absolute Gasteiger partial charge is 0.338 e.